The smallest absolute Gasteiger partial charge is 0.318 e. The highest BCUT2D eigenvalue weighted by Gasteiger charge is 2.38. The van der Waals surface area contributed by atoms with Gasteiger partial charge in [-0.05, 0) is 32.0 Å². The first-order chi connectivity index (χ1) is 9.27. The van der Waals surface area contributed by atoms with Crippen LogP contribution in [0.25, 0.3) is 0 Å². The van der Waals surface area contributed by atoms with E-state index in [1.54, 1.807) is 12.1 Å². The van der Waals surface area contributed by atoms with E-state index in [1.807, 2.05) is 11.0 Å². The lowest BCUT2D eigenvalue weighted by Crippen LogP contribution is -2.45. The minimum absolute atomic E-state index is 0. The summed E-state index contributed by atoms with van der Waals surface area (Å²) in [6.07, 6.45) is 1.86. The van der Waals surface area contributed by atoms with Gasteiger partial charge in [-0.3, -0.25) is 0 Å². The largest absolute Gasteiger partial charge is 0.336 e. The Morgan fingerprint density at radius 3 is 2.60 bits per heavy atom. The van der Waals surface area contributed by atoms with Crippen molar-refractivity contribution in [3.05, 3.63) is 35.6 Å². The molecule has 2 aliphatic heterocycles. The highest BCUT2D eigenvalue weighted by Crippen LogP contribution is 2.30. The molecule has 0 saturated carbocycles. The molecule has 20 heavy (non-hydrogen) atoms. The lowest BCUT2D eigenvalue weighted by molar-refractivity contribution is 0.156. The molecule has 2 N–H and O–H groups in total. The molecule has 2 fully saturated rings. The van der Waals surface area contributed by atoms with Crippen LogP contribution in [0.5, 0.6) is 0 Å². The van der Waals surface area contributed by atoms with Crippen LogP contribution >= 0.6 is 12.4 Å². The summed E-state index contributed by atoms with van der Waals surface area (Å²) < 4.78 is 13.9. The minimum Gasteiger partial charge on any atom is -0.336 e. The maximum Gasteiger partial charge on any atom is 0.318 e. The third kappa shape index (κ3) is 2.74. The number of piperidine rings is 1. The summed E-state index contributed by atoms with van der Waals surface area (Å²) in [5.74, 6) is -0.233. The maximum absolute atomic E-state index is 13.9. The van der Waals surface area contributed by atoms with Crippen LogP contribution in [0.2, 0.25) is 0 Å². The van der Waals surface area contributed by atoms with Gasteiger partial charge in [0.2, 0.25) is 0 Å². The van der Waals surface area contributed by atoms with E-state index >= 15 is 0 Å². The molecule has 2 amide bonds. The fourth-order valence-corrected chi connectivity index (χ4v) is 3.03. The lowest BCUT2D eigenvalue weighted by atomic mass is 10.00. The van der Waals surface area contributed by atoms with Gasteiger partial charge in [-0.1, -0.05) is 18.2 Å². The summed E-state index contributed by atoms with van der Waals surface area (Å²) in [5, 5.41) is 6.13. The Kier molecular flexibility index (Phi) is 4.83. The van der Waals surface area contributed by atoms with Gasteiger partial charge >= 0.3 is 6.03 Å². The Bertz CT molecular complexity index is 479. The Morgan fingerprint density at radius 2 is 1.90 bits per heavy atom. The van der Waals surface area contributed by atoms with Crippen molar-refractivity contribution < 1.29 is 9.18 Å². The second-order valence-electron chi connectivity index (χ2n) is 5.11. The third-order valence-corrected chi connectivity index (χ3v) is 3.98. The molecule has 1 atom stereocenters. The van der Waals surface area contributed by atoms with Crippen LogP contribution in [0, 0.1) is 5.82 Å². The van der Waals surface area contributed by atoms with Crippen LogP contribution in [-0.2, 0) is 0 Å². The summed E-state index contributed by atoms with van der Waals surface area (Å²) in [6, 6.07) is 6.68. The van der Waals surface area contributed by atoms with Crippen molar-refractivity contribution in [1.82, 2.24) is 15.5 Å². The molecule has 0 bridgehead atoms. The fourth-order valence-electron chi connectivity index (χ4n) is 3.03. The van der Waals surface area contributed by atoms with Gasteiger partial charge in [-0.15, -0.1) is 12.4 Å². The van der Waals surface area contributed by atoms with Crippen LogP contribution in [0.15, 0.2) is 24.3 Å². The molecule has 1 aromatic carbocycles. The van der Waals surface area contributed by atoms with Crippen LogP contribution in [0.4, 0.5) is 9.18 Å². The zero-order chi connectivity index (χ0) is 13.2. The number of nitrogens with one attached hydrogen (secondary N) is 2. The molecule has 3 rings (SSSR count). The predicted octanol–water partition coefficient (Wildman–Crippen LogP) is 2.07. The zero-order valence-corrected chi connectivity index (χ0v) is 12.0. The van der Waals surface area contributed by atoms with Gasteiger partial charge in [0, 0.05) is 18.2 Å². The predicted molar refractivity (Wildman–Crippen MR) is 77.5 cm³/mol. The van der Waals surface area contributed by atoms with E-state index in [1.165, 1.54) is 6.07 Å². The molecular weight excluding hydrogens is 281 g/mol. The van der Waals surface area contributed by atoms with Gasteiger partial charge in [0.15, 0.2) is 0 Å². The second-order valence-corrected chi connectivity index (χ2v) is 5.11. The van der Waals surface area contributed by atoms with Crippen LogP contribution in [0.3, 0.4) is 0 Å². The molecule has 1 aromatic rings. The van der Waals surface area contributed by atoms with E-state index in [9.17, 15) is 9.18 Å². The molecule has 4 nitrogen and oxygen atoms in total. The van der Waals surface area contributed by atoms with Crippen molar-refractivity contribution in [2.45, 2.75) is 24.9 Å². The molecular formula is C14H19ClFN3O. The zero-order valence-electron chi connectivity index (χ0n) is 11.1. The lowest BCUT2D eigenvalue weighted by Gasteiger charge is -2.35. The van der Waals surface area contributed by atoms with Crippen molar-refractivity contribution in [3.8, 4) is 0 Å². The maximum atomic E-state index is 13.9. The number of amides is 2. The molecule has 110 valence electrons. The van der Waals surface area contributed by atoms with E-state index < -0.39 is 0 Å². The first-order valence-electron chi connectivity index (χ1n) is 6.78. The molecule has 0 spiro atoms. The second kappa shape index (κ2) is 6.41. The number of hydrogen-bond acceptors (Lipinski definition) is 2. The first kappa shape index (κ1) is 15.1. The quantitative estimate of drug-likeness (QED) is 0.878. The topological polar surface area (TPSA) is 44.4 Å². The molecule has 1 unspecified atom stereocenters. The van der Waals surface area contributed by atoms with Gasteiger partial charge in [0.05, 0.1) is 6.04 Å². The summed E-state index contributed by atoms with van der Waals surface area (Å²) >= 11 is 0. The van der Waals surface area contributed by atoms with Gasteiger partial charge in [0.25, 0.3) is 0 Å². The van der Waals surface area contributed by atoms with E-state index in [0.29, 0.717) is 12.1 Å². The average molecular weight is 300 g/mol. The number of benzene rings is 1. The average Bonchev–Trinajstić information content (AvgIpc) is 2.82. The van der Waals surface area contributed by atoms with Crippen molar-refractivity contribution in [2.75, 3.05) is 19.6 Å². The highest BCUT2D eigenvalue weighted by atomic mass is 35.5. The molecule has 0 aromatic heterocycles. The number of halogens is 2. The minimum atomic E-state index is -0.233. The van der Waals surface area contributed by atoms with Crippen LogP contribution < -0.4 is 10.6 Å². The third-order valence-electron chi connectivity index (χ3n) is 3.98. The van der Waals surface area contributed by atoms with E-state index in [-0.39, 0.29) is 36.3 Å². The molecule has 0 aliphatic carbocycles. The summed E-state index contributed by atoms with van der Waals surface area (Å²) in [7, 11) is 0. The number of rotatable bonds is 2. The van der Waals surface area contributed by atoms with E-state index in [0.717, 1.165) is 25.9 Å². The van der Waals surface area contributed by atoms with E-state index in [2.05, 4.69) is 10.6 Å². The number of carbonyl (C=O) groups is 1. The first-order valence-corrected chi connectivity index (χ1v) is 6.78. The van der Waals surface area contributed by atoms with Crippen molar-refractivity contribution in [3.63, 3.8) is 0 Å². The van der Waals surface area contributed by atoms with E-state index in [4.69, 9.17) is 0 Å². The Morgan fingerprint density at radius 1 is 1.20 bits per heavy atom. The molecule has 2 aliphatic rings. The van der Waals surface area contributed by atoms with Crippen molar-refractivity contribution in [2.24, 2.45) is 0 Å². The Hall–Kier alpha value is -1.33. The number of nitrogens with zero attached hydrogens (tertiary/aromatic N) is 1. The van der Waals surface area contributed by atoms with Crippen molar-refractivity contribution in [1.29, 1.82) is 0 Å². The van der Waals surface area contributed by atoms with Gasteiger partial charge in [-0.25, -0.2) is 9.18 Å². The Balaban J connectivity index is 0.00000147. The summed E-state index contributed by atoms with van der Waals surface area (Å²) in [5.41, 5.74) is 0.611. The standard InChI is InChI=1S/C14H18FN3O.ClH/c15-12-4-2-1-3-11(12)13-9-17-14(19)18(13)10-5-7-16-8-6-10;/h1-4,10,13,16H,5-9H2,(H,17,19);1H. The summed E-state index contributed by atoms with van der Waals surface area (Å²) in [4.78, 5) is 13.9. The molecule has 2 saturated heterocycles. The van der Waals surface area contributed by atoms with Crippen molar-refractivity contribution >= 4 is 18.4 Å². The number of urea groups is 1. The van der Waals surface area contributed by atoms with Crippen LogP contribution in [0.1, 0.15) is 24.4 Å². The molecule has 0 radical (unpaired) electrons. The summed E-state index contributed by atoms with van der Waals surface area (Å²) in [6.45, 7) is 2.32. The number of carbonyl (C=O) groups excluding carboxylic acids is 1. The normalized spacial score (nSPS) is 23.4. The van der Waals surface area contributed by atoms with Crippen LogP contribution in [-0.4, -0.2) is 36.6 Å². The highest BCUT2D eigenvalue weighted by molar-refractivity contribution is 5.85. The van der Waals surface area contributed by atoms with Gasteiger partial charge < -0.3 is 15.5 Å². The molecule has 6 heteroatoms. The Labute approximate surface area is 124 Å². The molecule has 2 heterocycles. The SMILES string of the molecule is Cl.O=C1NCC(c2ccccc2F)N1C1CCNCC1. The number of hydrogen-bond donors (Lipinski definition) is 2. The monoisotopic (exact) mass is 299 g/mol. The van der Waals surface area contributed by atoms with Gasteiger partial charge in [0.1, 0.15) is 5.82 Å². The van der Waals surface area contributed by atoms with Gasteiger partial charge in [-0.2, -0.15) is 0 Å². The fraction of sp³-hybridized carbons (Fsp3) is 0.500.